The Hall–Kier alpha value is -1.10. The number of aliphatic carboxylic acids is 1. The van der Waals surface area contributed by atoms with Crippen LogP contribution >= 0.6 is 0 Å². The maximum absolute atomic E-state index is 12.3. The molecule has 1 heterocycles. The maximum Gasteiger partial charge on any atom is 0.332 e. The number of ether oxygens (including phenoxy) is 1. The van der Waals surface area contributed by atoms with Gasteiger partial charge in [-0.15, -0.1) is 0 Å². The molecule has 0 bridgehead atoms. The zero-order chi connectivity index (χ0) is 13.3. The lowest BCUT2D eigenvalue weighted by molar-refractivity contribution is -0.155. The fourth-order valence-electron chi connectivity index (χ4n) is 2.38. The smallest absolute Gasteiger partial charge is 0.332 e. The van der Waals surface area contributed by atoms with Gasteiger partial charge < -0.3 is 14.7 Å². The monoisotopic (exact) mass is 255 g/mol. The van der Waals surface area contributed by atoms with Crippen LogP contribution < -0.4 is 0 Å². The first-order chi connectivity index (χ1) is 8.49. The van der Waals surface area contributed by atoms with Crippen molar-refractivity contribution < 1.29 is 19.4 Å². The van der Waals surface area contributed by atoms with E-state index in [-0.39, 0.29) is 5.91 Å². The fraction of sp³-hybridized carbons (Fsp3) is 0.846. The summed E-state index contributed by atoms with van der Waals surface area (Å²) >= 11 is 0. The van der Waals surface area contributed by atoms with Crippen LogP contribution in [0, 0.1) is 5.92 Å². The summed E-state index contributed by atoms with van der Waals surface area (Å²) in [5.74, 6) is -0.562. The van der Waals surface area contributed by atoms with Gasteiger partial charge in [-0.2, -0.15) is 0 Å². The molecule has 0 spiro atoms. The van der Waals surface area contributed by atoms with Gasteiger partial charge in [-0.3, -0.25) is 4.79 Å². The minimum absolute atomic E-state index is 0.0186. The highest BCUT2D eigenvalue weighted by atomic mass is 16.5. The summed E-state index contributed by atoms with van der Waals surface area (Å²) in [6.07, 6.45) is 1.73. The number of carboxylic acid groups (broad SMARTS) is 1. The minimum Gasteiger partial charge on any atom is -0.479 e. The lowest BCUT2D eigenvalue weighted by Gasteiger charge is -2.27. The first kappa shape index (κ1) is 13.3. The van der Waals surface area contributed by atoms with Crippen molar-refractivity contribution in [2.75, 3.05) is 6.54 Å². The van der Waals surface area contributed by atoms with Crippen LogP contribution in [0.25, 0.3) is 0 Å². The van der Waals surface area contributed by atoms with Gasteiger partial charge in [0.25, 0.3) is 5.91 Å². The van der Waals surface area contributed by atoms with Gasteiger partial charge in [-0.05, 0) is 31.6 Å². The fourth-order valence-corrected chi connectivity index (χ4v) is 2.38. The summed E-state index contributed by atoms with van der Waals surface area (Å²) in [6, 6.07) is 0.354. The molecule has 1 aliphatic carbocycles. The number of nitrogens with zero attached hydrogens (tertiary/aromatic N) is 1. The SMILES string of the molecule is CC(C)CN(C(=O)C1CCC(C(=O)O)O1)C1CC1. The van der Waals surface area contributed by atoms with Crippen LogP contribution in [0.5, 0.6) is 0 Å². The Kier molecular flexibility index (Phi) is 3.90. The van der Waals surface area contributed by atoms with Crippen LogP contribution in [0.4, 0.5) is 0 Å². The molecule has 0 radical (unpaired) electrons. The van der Waals surface area contributed by atoms with E-state index in [4.69, 9.17) is 9.84 Å². The summed E-state index contributed by atoms with van der Waals surface area (Å²) in [4.78, 5) is 25.0. The molecule has 1 amide bonds. The highest BCUT2D eigenvalue weighted by Crippen LogP contribution is 2.30. The van der Waals surface area contributed by atoms with Crippen molar-refractivity contribution in [1.29, 1.82) is 0 Å². The average molecular weight is 255 g/mol. The van der Waals surface area contributed by atoms with Crippen LogP contribution in [0.2, 0.25) is 0 Å². The van der Waals surface area contributed by atoms with Crippen molar-refractivity contribution in [2.24, 2.45) is 5.92 Å². The molecule has 1 N–H and O–H groups in total. The Morgan fingerprint density at radius 2 is 1.83 bits per heavy atom. The zero-order valence-electron chi connectivity index (χ0n) is 11.0. The van der Waals surface area contributed by atoms with Crippen molar-refractivity contribution >= 4 is 11.9 Å². The molecule has 1 saturated carbocycles. The second-order valence-electron chi connectivity index (χ2n) is 5.64. The van der Waals surface area contributed by atoms with E-state index < -0.39 is 18.2 Å². The molecule has 0 aromatic rings. The third-order valence-electron chi connectivity index (χ3n) is 3.40. The molecular formula is C13H21NO4. The second kappa shape index (κ2) is 5.26. The van der Waals surface area contributed by atoms with Crippen LogP contribution in [-0.4, -0.2) is 46.7 Å². The van der Waals surface area contributed by atoms with Crippen LogP contribution in [0.1, 0.15) is 39.5 Å². The Labute approximate surface area is 107 Å². The van der Waals surface area contributed by atoms with E-state index in [1.165, 1.54) is 0 Å². The molecule has 1 aliphatic heterocycles. The number of carboxylic acids is 1. The number of hydrogen-bond acceptors (Lipinski definition) is 3. The topological polar surface area (TPSA) is 66.8 Å². The van der Waals surface area contributed by atoms with Crippen LogP contribution in [0.15, 0.2) is 0 Å². The molecular weight excluding hydrogens is 234 g/mol. The molecule has 2 aliphatic rings. The Morgan fingerprint density at radius 3 is 2.28 bits per heavy atom. The van der Waals surface area contributed by atoms with E-state index in [2.05, 4.69) is 13.8 Å². The molecule has 2 fully saturated rings. The van der Waals surface area contributed by atoms with E-state index in [9.17, 15) is 9.59 Å². The summed E-state index contributed by atoms with van der Waals surface area (Å²) in [6.45, 7) is 4.90. The third kappa shape index (κ3) is 3.02. The molecule has 2 atom stereocenters. The Bertz CT molecular complexity index is 338. The van der Waals surface area contributed by atoms with Crippen molar-refractivity contribution in [3.05, 3.63) is 0 Å². The van der Waals surface area contributed by atoms with Crippen LogP contribution in [-0.2, 0) is 14.3 Å². The lowest BCUT2D eigenvalue weighted by Crippen LogP contribution is -2.43. The molecule has 5 nitrogen and oxygen atoms in total. The molecule has 0 aromatic carbocycles. The number of hydrogen-bond donors (Lipinski definition) is 1. The number of amides is 1. The van der Waals surface area contributed by atoms with Gasteiger partial charge in [0.2, 0.25) is 0 Å². The highest BCUT2D eigenvalue weighted by molar-refractivity contribution is 5.83. The predicted molar refractivity (Wildman–Crippen MR) is 65.1 cm³/mol. The summed E-state index contributed by atoms with van der Waals surface area (Å²) in [7, 11) is 0. The van der Waals surface area contributed by atoms with Crippen molar-refractivity contribution in [3.8, 4) is 0 Å². The van der Waals surface area contributed by atoms with E-state index in [0.717, 1.165) is 19.4 Å². The van der Waals surface area contributed by atoms with E-state index in [1.807, 2.05) is 4.90 Å². The second-order valence-corrected chi connectivity index (χ2v) is 5.64. The van der Waals surface area contributed by atoms with E-state index in [1.54, 1.807) is 0 Å². The van der Waals surface area contributed by atoms with Crippen LogP contribution in [0.3, 0.4) is 0 Å². The highest BCUT2D eigenvalue weighted by Gasteiger charge is 2.41. The maximum atomic E-state index is 12.3. The molecule has 2 rings (SSSR count). The molecule has 0 aromatic heterocycles. The lowest BCUT2D eigenvalue weighted by atomic mass is 10.1. The minimum atomic E-state index is -0.966. The molecule has 2 unspecified atom stereocenters. The summed E-state index contributed by atoms with van der Waals surface area (Å²) in [5.41, 5.74) is 0. The first-order valence-electron chi connectivity index (χ1n) is 6.67. The van der Waals surface area contributed by atoms with Crippen molar-refractivity contribution in [3.63, 3.8) is 0 Å². The van der Waals surface area contributed by atoms with Gasteiger partial charge >= 0.3 is 5.97 Å². The van der Waals surface area contributed by atoms with E-state index >= 15 is 0 Å². The van der Waals surface area contributed by atoms with Gasteiger partial charge in [0.1, 0.15) is 6.10 Å². The zero-order valence-corrected chi connectivity index (χ0v) is 11.0. The van der Waals surface area contributed by atoms with Gasteiger partial charge in [0.05, 0.1) is 0 Å². The first-order valence-corrected chi connectivity index (χ1v) is 6.67. The van der Waals surface area contributed by atoms with Gasteiger partial charge in [0, 0.05) is 12.6 Å². The quantitative estimate of drug-likeness (QED) is 0.803. The third-order valence-corrected chi connectivity index (χ3v) is 3.40. The number of rotatable bonds is 5. The van der Waals surface area contributed by atoms with Gasteiger partial charge in [-0.1, -0.05) is 13.8 Å². The van der Waals surface area contributed by atoms with Gasteiger partial charge in [0.15, 0.2) is 6.10 Å². The number of carbonyl (C=O) groups is 2. The molecule has 1 saturated heterocycles. The van der Waals surface area contributed by atoms with E-state index in [0.29, 0.717) is 24.8 Å². The average Bonchev–Trinajstić information content (AvgIpc) is 3.00. The predicted octanol–water partition coefficient (Wildman–Crippen LogP) is 1.27. The number of carbonyl (C=O) groups excluding carboxylic acids is 1. The largest absolute Gasteiger partial charge is 0.479 e. The summed E-state index contributed by atoms with van der Waals surface area (Å²) in [5, 5.41) is 8.87. The molecule has 102 valence electrons. The Balaban J connectivity index is 1.94. The summed E-state index contributed by atoms with van der Waals surface area (Å²) < 4.78 is 5.33. The van der Waals surface area contributed by atoms with Crippen molar-refractivity contribution in [2.45, 2.75) is 57.8 Å². The Morgan fingerprint density at radius 1 is 1.22 bits per heavy atom. The normalized spacial score (nSPS) is 27.5. The molecule has 5 heteroatoms. The van der Waals surface area contributed by atoms with Crippen molar-refractivity contribution in [1.82, 2.24) is 4.90 Å². The standard InChI is InChI=1S/C13H21NO4/c1-8(2)7-14(9-3-4-9)12(15)10-5-6-11(18-10)13(16)17/h8-11H,3-7H2,1-2H3,(H,16,17). The molecule has 18 heavy (non-hydrogen) atoms. The van der Waals surface area contributed by atoms with Gasteiger partial charge in [-0.25, -0.2) is 4.79 Å².